The van der Waals surface area contributed by atoms with E-state index in [2.05, 4.69) is 15.3 Å². The predicted octanol–water partition coefficient (Wildman–Crippen LogP) is 1.50. The van der Waals surface area contributed by atoms with E-state index >= 15 is 0 Å². The molecule has 0 aromatic carbocycles. The van der Waals surface area contributed by atoms with Crippen LogP contribution in [0.1, 0.15) is 21.7 Å². The summed E-state index contributed by atoms with van der Waals surface area (Å²) in [6, 6.07) is 8.62. The molecule has 0 saturated carbocycles. The number of nitrogens with one attached hydrogen (secondary N) is 1. The lowest BCUT2D eigenvalue weighted by atomic mass is 10.2. The number of rotatable bonds is 5. The number of amides is 1. The summed E-state index contributed by atoms with van der Waals surface area (Å²) in [6.45, 7) is 0.321. The number of hydrogen-bond acceptors (Lipinski definition) is 4. The lowest BCUT2D eigenvalue weighted by Gasteiger charge is -2.04. The third-order valence-electron chi connectivity index (χ3n) is 2.59. The fourth-order valence-electron chi connectivity index (χ4n) is 1.57. The molecule has 1 amide bonds. The quantitative estimate of drug-likeness (QED) is 0.811. The van der Waals surface area contributed by atoms with Crippen molar-refractivity contribution in [2.24, 2.45) is 0 Å². The number of aliphatic carboxylic acids is 1. The van der Waals surface area contributed by atoms with Crippen molar-refractivity contribution >= 4 is 18.0 Å². The number of carbonyl (C=O) groups excluding carboxylic acids is 1. The van der Waals surface area contributed by atoms with Gasteiger partial charge in [-0.2, -0.15) is 0 Å². The summed E-state index contributed by atoms with van der Waals surface area (Å²) in [6.07, 6.45) is 5.52. The Morgan fingerprint density at radius 3 is 2.67 bits per heavy atom. The van der Waals surface area contributed by atoms with Crippen molar-refractivity contribution in [2.45, 2.75) is 6.54 Å². The molecule has 0 saturated heterocycles. The monoisotopic (exact) mass is 283 g/mol. The van der Waals surface area contributed by atoms with E-state index in [-0.39, 0.29) is 11.6 Å². The fourth-order valence-corrected chi connectivity index (χ4v) is 1.57. The molecule has 0 atom stereocenters. The molecule has 2 rings (SSSR count). The molecule has 0 aliphatic heterocycles. The molecule has 2 aromatic heterocycles. The van der Waals surface area contributed by atoms with Gasteiger partial charge in [0.1, 0.15) is 5.69 Å². The van der Waals surface area contributed by atoms with Crippen molar-refractivity contribution in [1.29, 1.82) is 0 Å². The maximum atomic E-state index is 11.9. The average Bonchev–Trinajstić information content (AvgIpc) is 2.52. The lowest BCUT2D eigenvalue weighted by molar-refractivity contribution is -0.131. The number of pyridine rings is 2. The number of carboxylic acids is 1. The van der Waals surface area contributed by atoms with Crippen LogP contribution in [0.5, 0.6) is 0 Å². The third kappa shape index (κ3) is 4.54. The Bertz CT molecular complexity index is 652. The molecule has 0 fully saturated rings. The highest BCUT2D eigenvalue weighted by Gasteiger charge is 2.06. The van der Waals surface area contributed by atoms with E-state index in [0.717, 1.165) is 11.8 Å². The van der Waals surface area contributed by atoms with Gasteiger partial charge in [0.25, 0.3) is 5.91 Å². The fraction of sp³-hybridized carbons (Fsp3) is 0.0667. The van der Waals surface area contributed by atoms with Crippen LogP contribution in [-0.4, -0.2) is 27.0 Å². The Hall–Kier alpha value is -3.02. The first-order chi connectivity index (χ1) is 10.1. The maximum absolute atomic E-state index is 11.9. The second-order valence-corrected chi connectivity index (χ2v) is 4.15. The topological polar surface area (TPSA) is 92.2 Å². The number of carbonyl (C=O) groups is 2. The van der Waals surface area contributed by atoms with Crippen LogP contribution in [0.3, 0.4) is 0 Å². The van der Waals surface area contributed by atoms with Crippen molar-refractivity contribution in [1.82, 2.24) is 15.3 Å². The van der Waals surface area contributed by atoms with Crippen LogP contribution in [0.15, 0.2) is 48.8 Å². The van der Waals surface area contributed by atoms with E-state index in [4.69, 9.17) is 5.11 Å². The van der Waals surface area contributed by atoms with Crippen LogP contribution in [-0.2, 0) is 11.3 Å². The summed E-state index contributed by atoms with van der Waals surface area (Å²) >= 11 is 0. The molecule has 0 radical (unpaired) electrons. The van der Waals surface area contributed by atoms with Gasteiger partial charge in [0.05, 0.1) is 12.2 Å². The highest BCUT2D eigenvalue weighted by atomic mass is 16.4. The molecule has 0 aliphatic carbocycles. The molecule has 2 aromatic rings. The van der Waals surface area contributed by atoms with Gasteiger partial charge in [-0.15, -0.1) is 0 Å². The molecule has 2 heterocycles. The summed E-state index contributed by atoms with van der Waals surface area (Å²) in [5, 5.41) is 11.2. The number of carboxylic acid groups (broad SMARTS) is 1. The van der Waals surface area contributed by atoms with E-state index in [1.54, 1.807) is 18.3 Å². The van der Waals surface area contributed by atoms with Gasteiger partial charge in [0.2, 0.25) is 0 Å². The zero-order valence-electron chi connectivity index (χ0n) is 11.1. The van der Waals surface area contributed by atoms with Gasteiger partial charge in [0, 0.05) is 18.5 Å². The zero-order valence-corrected chi connectivity index (χ0v) is 11.1. The predicted molar refractivity (Wildman–Crippen MR) is 76.3 cm³/mol. The first-order valence-corrected chi connectivity index (χ1v) is 6.20. The summed E-state index contributed by atoms with van der Waals surface area (Å²) < 4.78 is 0. The Kier molecular flexibility index (Phi) is 4.76. The standard InChI is InChI=1S/C15H13N3O3/c19-14(20)7-5-11-4-6-13(17-9-11)15(21)18-10-12-3-1-2-8-16-12/h1-9H,10H2,(H,18,21)(H,19,20). The van der Waals surface area contributed by atoms with Crippen LogP contribution in [0, 0.1) is 0 Å². The highest BCUT2D eigenvalue weighted by molar-refractivity contribution is 5.92. The molecule has 2 N–H and O–H groups in total. The van der Waals surface area contributed by atoms with E-state index in [9.17, 15) is 9.59 Å². The average molecular weight is 283 g/mol. The van der Waals surface area contributed by atoms with E-state index in [1.165, 1.54) is 18.3 Å². The van der Waals surface area contributed by atoms with Gasteiger partial charge >= 0.3 is 5.97 Å². The smallest absolute Gasteiger partial charge is 0.328 e. The number of aromatic nitrogens is 2. The van der Waals surface area contributed by atoms with E-state index in [1.807, 2.05) is 12.1 Å². The second kappa shape index (κ2) is 6.95. The van der Waals surface area contributed by atoms with Gasteiger partial charge in [-0.3, -0.25) is 14.8 Å². The van der Waals surface area contributed by atoms with Crippen molar-refractivity contribution in [3.05, 3.63) is 65.8 Å². The molecular formula is C15H13N3O3. The van der Waals surface area contributed by atoms with Gasteiger partial charge in [-0.25, -0.2) is 4.79 Å². The molecule has 0 aliphatic rings. The summed E-state index contributed by atoms with van der Waals surface area (Å²) in [7, 11) is 0. The van der Waals surface area contributed by atoms with E-state index < -0.39 is 5.97 Å². The van der Waals surface area contributed by atoms with Crippen molar-refractivity contribution in [3.63, 3.8) is 0 Å². The van der Waals surface area contributed by atoms with Gasteiger partial charge in [-0.05, 0) is 29.8 Å². The number of nitrogens with zero attached hydrogens (tertiary/aromatic N) is 2. The minimum Gasteiger partial charge on any atom is -0.478 e. The normalized spacial score (nSPS) is 10.5. The molecule has 0 bridgehead atoms. The molecule has 6 heteroatoms. The van der Waals surface area contributed by atoms with Crippen LogP contribution in [0.4, 0.5) is 0 Å². The van der Waals surface area contributed by atoms with Crippen molar-refractivity contribution in [3.8, 4) is 0 Å². The van der Waals surface area contributed by atoms with Crippen LogP contribution in [0.25, 0.3) is 6.08 Å². The molecular weight excluding hydrogens is 270 g/mol. The Morgan fingerprint density at radius 1 is 1.19 bits per heavy atom. The summed E-state index contributed by atoms with van der Waals surface area (Å²) in [4.78, 5) is 30.4. The molecule has 6 nitrogen and oxygen atoms in total. The van der Waals surface area contributed by atoms with Gasteiger partial charge in [0.15, 0.2) is 0 Å². The van der Waals surface area contributed by atoms with Crippen LogP contribution in [0.2, 0.25) is 0 Å². The summed E-state index contributed by atoms with van der Waals surface area (Å²) in [5.74, 6) is -1.35. The first-order valence-electron chi connectivity index (χ1n) is 6.20. The Morgan fingerprint density at radius 2 is 2.05 bits per heavy atom. The minimum atomic E-state index is -1.04. The van der Waals surface area contributed by atoms with Crippen LogP contribution < -0.4 is 5.32 Å². The molecule has 0 unspecified atom stereocenters. The minimum absolute atomic E-state index is 0.262. The molecule has 21 heavy (non-hydrogen) atoms. The molecule has 0 spiro atoms. The highest BCUT2D eigenvalue weighted by Crippen LogP contribution is 2.03. The van der Waals surface area contributed by atoms with Crippen LogP contribution >= 0.6 is 0 Å². The van der Waals surface area contributed by atoms with Gasteiger partial charge in [-0.1, -0.05) is 12.1 Å². The maximum Gasteiger partial charge on any atom is 0.328 e. The zero-order chi connectivity index (χ0) is 15.1. The van der Waals surface area contributed by atoms with Gasteiger partial charge < -0.3 is 10.4 Å². The SMILES string of the molecule is O=C(O)C=Cc1ccc(C(=O)NCc2ccccn2)nc1. The number of hydrogen-bond donors (Lipinski definition) is 2. The van der Waals surface area contributed by atoms with Crippen molar-refractivity contribution in [2.75, 3.05) is 0 Å². The largest absolute Gasteiger partial charge is 0.478 e. The Labute approximate surface area is 121 Å². The second-order valence-electron chi connectivity index (χ2n) is 4.15. The lowest BCUT2D eigenvalue weighted by Crippen LogP contribution is -2.24. The van der Waals surface area contributed by atoms with E-state index in [0.29, 0.717) is 12.1 Å². The summed E-state index contributed by atoms with van der Waals surface area (Å²) in [5.41, 5.74) is 1.63. The molecule has 106 valence electrons. The first kappa shape index (κ1) is 14.4. The Balaban J connectivity index is 1.95. The third-order valence-corrected chi connectivity index (χ3v) is 2.59. The van der Waals surface area contributed by atoms with Crippen molar-refractivity contribution < 1.29 is 14.7 Å².